The summed E-state index contributed by atoms with van der Waals surface area (Å²) in [7, 11) is 0. The van der Waals surface area contributed by atoms with Crippen molar-refractivity contribution < 1.29 is 0 Å². The van der Waals surface area contributed by atoms with Gasteiger partial charge in [-0.25, -0.2) is 34.9 Å². The molecule has 0 aliphatic rings. The molecular formula is C137H89N13. The van der Waals surface area contributed by atoms with Gasteiger partial charge in [0.1, 0.15) is 0 Å². The Bertz CT molecular complexity index is 9270. The smallest absolute Gasteiger partial charge is 0.164 e. The van der Waals surface area contributed by atoms with Crippen LogP contribution in [0.4, 0.5) is 0 Å². The van der Waals surface area contributed by atoms with E-state index in [9.17, 15) is 0 Å². The highest BCUT2D eigenvalue weighted by Crippen LogP contribution is 2.46. The molecule has 0 unspecified atom stereocenters. The number of hydrogen-bond donors (Lipinski definition) is 0. The quantitative estimate of drug-likeness (QED) is 0.100. The van der Waals surface area contributed by atoms with Gasteiger partial charge in [-0.3, -0.25) is 0 Å². The first-order valence-corrected chi connectivity index (χ1v) is 50.6. The molecule has 0 amide bonds. The summed E-state index contributed by atoms with van der Waals surface area (Å²) in [6, 6.07) is 190. The normalized spacial score (nSPS) is 11.6. The maximum atomic E-state index is 5.06. The first kappa shape index (κ1) is 87.4. The van der Waals surface area contributed by atoms with E-state index in [4.69, 9.17) is 34.9 Å². The van der Waals surface area contributed by atoms with Crippen LogP contribution in [-0.2, 0) is 0 Å². The molecule has 0 saturated heterocycles. The van der Waals surface area contributed by atoms with Crippen molar-refractivity contribution in [1.82, 2.24) is 62.3 Å². The van der Waals surface area contributed by atoms with Crippen LogP contribution in [0.25, 0.3) is 267 Å². The van der Waals surface area contributed by atoms with Crippen LogP contribution in [0.1, 0.15) is 0 Å². The van der Waals surface area contributed by atoms with Crippen molar-refractivity contribution >= 4 is 131 Å². The molecule has 30 rings (SSSR count). The van der Waals surface area contributed by atoms with Crippen LogP contribution in [-0.4, -0.2) is 62.3 Å². The minimum Gasteiger partial charge on any atom is -0.309 e. The Morgan fingerprint density at radius 3 is 0.467 bits per heavy atom. The summed E-state index contributed by atoms with van der Waals surface area (Å²) in [5.74, 6) is 3.36. The molecular weight excluding hydrogens is 1830 g/mol. The molecule has 0 bridgehead atoms. The van der Waals surface area contributed by atoms with Gasteiger partial charge in [0.05, 0.1) is 89.0 Å². The van der Waals surface area contributed by atoms with Gasteiger partial charge in [0.15, 0.2) is 29.1 Å². The number of benzene rings is 21. The Hall–Kier alpha value is -20.4. The van der Waals surface area contributed by atoms with Crippen LogP contribution in [0.5, 0.6) is 0 Å². The third-order valence-electron chi connectivity index (χ3n) is 29.0. The highest BCUT2D eigenvalue weighted by atomic mass is 15.1. The summed E-state index contributed by atoms with van der Waals surface area (Å²) >= 11 is 0. The zero-order chi connectivity index (χ0) is 99.1. The first-order valence-electron chi connectivity index (χ1n) is 50.6. The number of fused-ring (bicyclic) bond motifs is 18. The molecule has 13 nitrogen and oxygen atoms in total. The molecule has 0 spiro atoms. The van der Waals surface area contributed by atoms with Crippen molar-refractivity contribution in [2.45, 2.75) is 0 Å². The van der Waals surface area contributed by atoms with E-state index >= 15 is 0 Å². The number of rotatable bonds is 15. The SMILES string of the molecule is c1ccc(-c2cc(-c3ccc(-n4c5ccccc5c5cc6c7ccccc7n(-c7ccccc7)c6cc54)cc3)nc(-c3ccccc3)n2)cc1.c1ccc(-c2cc(-c3ccccc3)nc(-c3ccc(-n4c5ccccc5c5cc6c7ccccc7n(-c7ccccc7)c6cc54)cc3)n2)cc1.c1ccc(-c2nc(-c3ccccc3)nc(-c3ccc(-n4c5ccccc5c5cc6c7ccccc7n(-c7ccccc7)c6cc54)cc3)n2)cc1. The third kappa shape index (κ3) is 15.5. The summed E-state index contributed by atoms with van der Waals surface area (Å²) < 4.78 is 14.3. The average Bonchev–Trinajstić information content (AvgIpc) is 1.56. The standard InChI is InChI=1S/2C46H30N4.C45H29N5/c1-4-14-31(15-5-1)40-29-41(48-46(47-40)33-16-6-2-7-17-33)32-24-26-35(27-25-32)50-43-23-13-11-21-37(43)39-28-38-36-20-10-12-22-42(36)49(44(38)30-45(39)50)34-18-8-3-9-19-34;1-4-14-31(15-5-1)40-29-41(32-16-6-2-7-17-32)48-46(47-40)33-24-26-35(27-25-33)50-43-23-13-11-21-37(43)39-28-38-36-20-10-12-22-42(36)49(44(38)30-45(39)50)34-18-8-3-9-19-34;1-4-14-30(15-5-1)43-46-44(31-16-6-2-7-17-31)48-45(47-43)32-24-26-34(27-25-32)50-40-23-13-11-21-36(40)38-28-37-35-20-10-12-22-39(35)49(41(37)29-42(38)50)33-18-8-3-9-19-33/h2*1-30H;1-29H. The second-order valence-electron chi connectivity index (χ2n) is 37.8. The van der Waals surface area contributed by atoms with Gasteiger partial charge in [-0.2, -0.15) is 0 Å². The summed E-state index contributed by atoms with van der Waals surface area (Å²) in [5.41, 5.74) is 33.5. The van der Waals surface area contributed by atoms with Crippen molar-refractivity contribution in [2.75, 3.05) is 0 Å². The van der Waals surface area contributed by atoms with Crippen LogP contribution in [0.3, 0.4) is 0 Å². The maximum Gasteiger partial charge on any atom is 0.164 e. The van der Waals surface area contributed by atoms with E-state index < -0.39 is 0 Å². The van der Waals surface area contributed by atoms with E-state index in [0.717, 1.165) is 118 Å². The average molecular weight is 1920 g/mol. The molecule has 21 aromatic carbocycles. The fourth-order valence-corrected chi connectivity index (χ4v) is 22.1. The van der Waals surface area contributed by atoms with Crippen LogP contribution in [0.15, 0.2) is 540 Å². The van der Waals surface area contributed by atoms with Crippen molar-refractivity contribution in [3.8, 4) is 136 Å². The molecule has 702 valence electrons. The van der Waals surface area contributed by atoms with E-state index in [1.54, 1.807) is 0 Å². The second kappa shape index (κ2) is 37.1. The fraction of sp³-hybridized carbons (Fsp3) is 0. The van der Waals surface area contributed by atoms with Gasteiger partial charge >= 0.3 is 0 Å². The van der Waals surface area contributed by atoms with Gasteiger partial charge in [0, 0.05) is 149 Å². The zero-order valence-corrected chi connectivity index (χ0v) is 81.2. The zero-order valence-electron chi connectivity index (χ0n) is 81.2. The highest BCUT2D eigenvalue weighted by molar-refractivity contribution is 6.23. The Morgan fingerprint density at radius 2 is 0.253 bits per heavy atom. The molecule has 150 heavy (non-hydrogen) atoms. The van der Waals surface area contributed by atoms with E-state index in [0.29, 0.717) is 29.1 Å². The molecule has 0 saturated carbocycles. The monoisotopic (exact) mass is 1920 g/mol. The molecule has 0 radical (unpaired) electrons. The molecule has 0 aliphatic heterocycles. The Morgan fingerprint density at radius 1 is 0.100 bits per heavy atom. The van der Waals surface area contributed by atoms with Gasteiger partial charge < -0.3 is 27.4 Å². The molecule has 0 atom stereocenters. The van der Waals surface area contributed by atoms with Gasteiger partial charge in [-0.05, 0) is 182 Å². The number of aromatic nitrogens is 13. The number of nitrogens with zero attached hydrogens (tertiary/aromatic N) is 13. The van der Waals surface area contributed by atoms with Gasteiger partial charge in [0.2, 0.25) is 0 Å². The predicted octanol–water partition coefficient (Wildman–Crippen LogP) is 34.4. The van der Waals surface area contributed by atoms with E-state index in [2.05, 4.69) is 434 Å². The largest absolute Gasteiger partial charge is 0.309 e. The fourth-order valence-electron chi connectivity index (χ4n) is 22.1. The number of hydrogen-bond acceptors (Lipinski definition) is 7. The summed E-state index contributed by atoms with van der Waals surface area (Å²) in [6.45, 7) is 0. The molecule has 13 heteroatoms. The summed E-state index contributed by atoms with van der Waals surface area (Å²) in [4.78, 5) is 34.9. The molecule has 0 aliphatic carbocycles. The summed E-state index contributed by atoms with van der Waals surface area (Å²) in [6.07, 6.45) is 0. The van der Waals surface area contributed by atoms with Crippen molar-refractivity contribution in [1.29, 1.82) is 0 Å². The van der Waals surface area contributed by atoms with Crippen molar-refractivity contribution in [3.63, 3.8) is 0 Å². The van der Waals surface area contributed by atoms with E-state index in [1.807, 2.05) is 133 Å². The Balaban J connectivity index is 0.000000108. The van der Waals surface area contributed by atoms with Gasteiger partial charge in [-0.1, -0.05) is 358 Å². The van der Waals surface area contributed by atoms with E-state index in [-0.39, 0.29) is 0 Å². The molecule has 9 aromatic heterocycles. The van der Waals surface area contributed by atoms with Crippen molar-refractivity contribution in [2.24, 2.45) is 0 Å². The van der Waals surface area contributed by atoms with Gasteiger partial charge in [0.25, 0.3) is 0 Å². The molecule has 0 N–H and O–H groups in total. The number of para-hydroxylation sites is 9. The van der Waals surface area contributed by atoms with Crippen molar-refractivity contribution in [3.05, 3.63) is 540 Å². The molecule has 0 fully saturated rings. The lowest BCUT2D eigenvalue weighted by atomic mass is 10.1. The minimum atomic E-state index is 0.639. The molecule has 30 aromatic rings. The van der Waals surface area contributed by atoms with Crippen LogP contribution < -0.4 is 0 Å². The summed E-state index contributed by atoms with van der Waals surface area (Å²) in [5, 5.41) is 14.9. The lowest BCUT2D eigenvalue weighted by molar-refractivity contribution is 1.07. The Labute approximate surface area is 863 Å². The van der Waals surface area contributed by atoms with E-state index in [1.165, 1.54) is 120 Å². The first-order chi connectivity index (χ1) is 74.4. The second-order valence-corrected chi connectivity index (χ2v) is 37.8. The highest BCUT2D eigenvalue weighted by Gasteiger charge is 2.26. The van der Waals surface area contributed by atoms with Crippen LogP contribution in [0.2, 0.25) is 0 Å². The lowest BCUT2D eigenvalue weighted by Gasteiger charge is -2.12. The third-order valence-corrected chi connectivity index (χ3v) is 29.0. The lowest BCUT2D eigenvalue weighted by Crippen LogP contribution is -2.00. The minimum absolute atomic E-state index is 0.639. The van der Waals surface area contributed by atoms with Gasteiger partial charge in [-0.15, -0.1) is 0 Å². The Kier molecular flexibility index (Phi) is 21.6. The maximum absolute atomic E-state index is 5.06. The molecule has 9 heterocycles. The van der Waals surface area contributed by atoms with Crippen LogP contribution in [0, 0.1) is 0 Å². The topological polar surface area (TPSA) is 120 Å². The predicted molar refractivity (Wildman–Crippen MR) is 619 cm³/mol. The van der Waals surface area contributed by atoms with Crippen LogP contribution >= 0.6 is 0 Å².